The van der Waals surface area contributed by atoms with Gasteiger partial charge in [0.25, 0.3) is 11.8 Å². The van der Waals surface area contributed by atoms with Crippen LogP contribution in [0.15, 0.2) is 97.5 Å². The van der Waals surface area contributed by atoms with Crippen molar-refractivity contribution in [3.8, 4) is 6.07 Å². The van der Waals surface area contributed by atoms with Crippen LogP contribution in [0.1, 0.15) is 75.0 Å². The lowest BCUT2D eigenvalue weighted by Crippen LogP contribution is -2.48. The average molecular weight is 705 g/mol. The number of aryl methyl sites for hydroxylation is 1. The molecule has 0 aliphatic carbocycles. The predicted molar refractivity (Wildman–Crippen MR) is 201 cm³/mol. The van der Waals surface area contributed by atoms with Crippen LogP contribution in [0.3, 0.4) is 0 Å². The largest absolute Gasteiger partial charge is 0.368 e. The fourth-order valence-electron chi connectivity index (χ4n) is 6.27. The van der Waals surface area contributed by atoms with E-state index in [0.717, 1.165) is 35.5 Å². The van der Waals surface area contributed by atoms with E-state index in [9.17, 15) is 14.9 Å². The van der Waals surface area contributed by atoms with Crippen molar-refractivity contribution in [3.05, 3.63) is 135 Å². The number of imidazole rings is 1. The van der Waals surface area contributed by atoms with Gasteiger partial charge in [-0.2, -0.15) is 5.26 Å². The Labute approximate surface area is 303 Å². The van der Waals surface area contributed by atoms with Crippen molar-refractivity contribution >= 4 is 46.1 Å². The molecule has 0 radical (unpaired) electrons. The van der Waals surface area contributed by atoms with Crippen LogP contribution in [-0.4, -0.2) is 52.4 Å². The quantitative estimate of drug-likeness (QED) is 0.115. The molecule has 2 amide bonds. The smallest absolute Gasteiger partial charge is 0.264 e. The zero-order valence-corrected chi connectivity index (χ0v) is 29.9. The summed E-state index contributed by atoms with van der Waals surface area (Å²) in [7, 11) is 0. The fourth-order valence-corrected chi connectivity index (χ4v) is 7.28. The molecule has 50 heavy (non-hydrogen) atoms. The summed E-state index contributed by atoms with van der Waals surface area (Å²) in [5.41, 5.74) is 6.27. The maximum absolute atomic E-state index is 14.2. The second-order valence-corrected chi connectivity index (χ2v) is 14.3. The number of piperazine rings is 1. The van der Waals surface area contributed by atoms with Crippen LogP contribution in [0.4, 0.5) is 11.4 Å². The van der Waals surface area contributed by atoms with E-state index in [-0.39, 0.29) is 11.8 Å². The summed E-state index contributed by atoms with van der Waals surface area (Å²) in [5, 5.41) is 9.19. The number of nitrogens with zero attached hydrogens (tertiary/aromatic N) is 6. The maximum Gasteiger partial charge on any atom is 0.264 e. The minimum absolute atomic E-state index is 0.0222. The van der Waals surface area contributed by atoms with Gasteiger partial charge in [0, 0.05) is 55.9 Å². The van der Waals surface area contributed by atoms with E-state index in [1.54, 1.807) is 18.5 Å². The highest BCUT2D eigenvalue weighted by Gasteiger charge is 2.25. The number of carbonyl (C=O) groups excluding carboxylic acids is 2. The molecule has 3 heterocycles. The van der Waals surface area contributed by atoms with Gasteiger partial charge in [-0.3, -0.25) is 9.59 Å². The zero-order valence-electron chi connectivity index (χ0n) is 28.3. The number of carbonyl (C=O) groups is 2. The van der Waals surface area contributed by atoms with Gasteiger partial charge in [-0.15, -0.1) is 11.3 Å². The molecular weight excluding hydrogens is 664 g/mol. The van der Waals surface area contributed by atoms with Gasteiger partial charge in [0.2, 0.25) is 0 Å². The Kier molecular flexibility index (Phi) is 11.6. The molecule has 0 saturated carbocycles. The van der Waals surface area contributed by atoms with Crippen molar-refractivity contribution < 1.29 is 9.59 Å². The van der Waals surface area contributed by atoms with Crippen LogP contribution in [0.5, 0.6) is 0 Å². The molecule has 0 unspecified atom stereocenters. The monoisotopic (exact) mass is 704 g/mol. The Bertz CT molecular complexity index is 1920. The van der Waals surface area contributed by atoms with Crippen molar-refractivity contribution in [2.24, 2.45) is 0 Å². The molecule has 1 saturated heterocycles. The number of unbranched alkanes of at least 4 members (excludes halogenated alkanes) is 3. The molecule has 2 aromatic heterocycles. The minimum atomic E-state index is -0.0813. The third kappa shape index (κ3) is 8.62. The zero-order chi connectivity index (χ0) is 34.9. The number of thiophene rings is 1. The van der Waals surface area contributed by atoms with Crippen LogP contribution < -0.4 is 9.80 Å². The van der Waals surface area contributed by atoms with Gasteiger partial charge >= 0.3 is 0 Å². The molecule has 8 nitrogen and oxygen atoms in total. The second-order valence-electron chi connectivity index (χ2n) is 12.6. The second kappa shape index (κ2) is 16.7. The first-order chi connectivity index (χ1) is 24.4. The van der Waals surface area contributed by atoms with Gasteiger partial charge in [-0.1, -0.05) is 62.1 Å². The summed E-state index contributed by atoms with van der Waals surface area (Å²) in [6.45, 7) is 5.80. The van der Waals surface area contributed by atoms with E-state index in [1.165, 1.54) is 36.2 Å². The lowest BCUT2D eigenvalue weighted by molar-refractivity contribution is 0.0751. The Hall–Kier alpha value is -4.91. The van der Waals surface area contributed by atoms with Gasteiger partial charge in [0.1, 0.15) is 0 Å². The molecule has 6 rings (SSSR count). The third-order valence-electron chi connectivity index (χ3n) is 9.20. The summed E-state index contributed by atoms with van der Waals surface area (Å²) in [6.07, 6.45) is 9.42. The first-order valence-electron chi connectivity index (χ1n) is 17.2. The number of hydrogen-bond donors (Lipinski definition) is 0. The molecule has 1 aliphatic heterocycles. The van der Waals surface area contributed by atoms with Gasteiger partial charge in [-0.25, -0.2) is 4.98 Å². The Morgan fingerprint density at radius 2 is 1.60 bits per heavy atom. The molecule has 0 N–H and O–H groups in total. The Morgan fingerprint density at radius 3 is 2.26 bits per heavy atom. The first kappa shape index (κ1) is 34.9. The Morgan fingerprint density at radius 1 is 0.880 bits per heavy atom. The maximum atomic E-state index is 14.2. The van der Waals surface area contributed by atoms with Gasteiger partial charge in [0.15, 0.2) is 0 Å². The van der Waals surface area contributed by atoms with Crippen molar-refractivity contribution in [2.45, 2.75) is 52.1 Å². The number of anilines is 2. The van der Waals surface area contributed by atoms with E-state index < -0.39 is 0 Å². The molecule has 5 aromatic rings. The molecule has 3 aromatic carbocycles. The van der Waals surface area contributed by atoms with Crippen molar-refractivity contribution in [1.82, 2.24) is 14.5 Å². The van der Waals surface area contributed by atoms with E-state index in [4.69, 9.17) is 11.6 Å². The summed E-state index contributed by atoms with van der Waals surface area (Å²) in [6, 6.07) is 29.4. The van der Waals surface area contributed by atoms with Gasteiger partial charge < -0.3 is 19.3 Å². The lowest BCUT2D eigenvalue weighted by Gasteiger charge is -2.36. The highest BCUT2D eigenvalue weighted by Crippen LogP contribution is 2.27. The molecular formula is C40H41ClN6O2S. The van der Waals surface area contributed by atoms with Crippen LogP contribution in [-0.2, 0) is 19.5 Å². The SMILES string of the molecule is CCCCCCc1ccc(C(=O)N(Cc2cncn2Cc2ccc(C#N)cc2)c2ccc(N3CCN(C(=O)c4ccc(Cl)s4)CC3)cc2)cc1. The molecule has 0 atom stereocenters. The van der Waals surface area contributed by atoms with Crippen LogP contribution in [0, 0.1) is 11.3 Å². The van der Waals surface area contributed by atoms with Crippen LogP contribution >= 0.6 is 22.9 Å². The van der Waals surface area contributed by atoms with Gasteiger partial charge in [-0.05, 0) is 84.6 Å². The van der Waals surface area contributed by atoms with E-state index in [1.807, 2.05) is 69.1 Å². The molecule has 0 bridgehead atoms. The molecule has 1 aliphatic rings. The third-order valence-corrected chi connectivity index (χ3v) is 10.4. The van der Waals surface area contributed by atoms with E-state index >= 15 is 0 Å². The number of halogens is 1. The van der Waals surface area contributed by atoms with Gasteiger partial charge in [0.05, 0.1) is 39.4 Å². The highest BCUT2D eigenvalue weighted by atomic mass is 35.5. The number of hydrogen-bond acceptors (Lipinski definition) is 6. The fraction of sp³-hybridized carbons (Fsp3) is 0.300. The normalized spacial score (nSPS) is 12.9. The average Bonchev–Trinajstić information content (AvgIpc) is 3.80. The number of rotatable bonds is 13. The minimum Gasteiger partial charge on any atom is -0.368 e. The first-order valence-corrected chi connectivity index (χ1v) is 18.4. The summed E-state index contributed by atoms with van der Waals surface area (Å²) in [5.74, 6) is -0.0591. The number of aromatic nitrogens is 2. The predicted octanol–water partition coefficient (Wildman–Crippen LogP) is 8.45. The molecule has 256 valence electrons. The number of nitriles is 1. The summed E-state index contributed by atoms with van der Waals surface area (Å²) >= 11 is 7.37. The molecule has 10 heteroatoms. The van der Waals surface area contributed by atoms with Crippen molar-refractivity contribution in [2.75, 3.05) is 36.0 Å². The topological polar surface area (TPSA) is 85.5 Å². The number of benzene rings is 3. The highest BCUT2D eigenvalue weighted by molar-refractivity contribution is 7.18. The van der Waals surface area contributed by atoms with Crippen LogP contribution in [0.2, 0.25) is 4.34 Å². The summed E-state index contributed by atoms with van der Waals surface area (Å²) in [4.78, 5) is 38.2. The van der Waals surface area contributed by atoms with Crippen molar-refractivity contribution in [3.63, 3.8) is 0 Å². The Balaban J connectivity index is 1.19. The van der Waals surface area contributed by atoms with E-state index in [2.05, 4.69) is 47.1 Å². The van der Waals surface area contributed by atoms with E-state index in [0.29, 0.717) is 59.6 Å². The standard InChI is InChI=1S/C40H41ClN6O2S/c1-2-3-4-5-6-30-11-13-33(14-12-30)39(48)47(28-36-26-43-29-46(36)27-32-9-7-31(25-42)8-10-32)35-17-15-34(16-18-35)44-21-23-45(24-22-44)40(49)37-19-20-38(41)50-37/h7-20,26,29H,2-6,21-24,27-28H2,1H3. The van der Waals surface area contributed by atoms with Crippen LogP contribution in [0.25, 0.3) is 0 Å². The number of amides is 2. The molecule has 1 fully saturated rings. The summed E-state index contributed by atoms with van der Waals surface area (Å²) < 4.78 is 2.66. The molecule has 0 spiro atoms. The lowest BCUT2D eigenvalue weighted by atomic mass is 10.0. The van der Waals surface area contributed by atoms with Crippen molar-refractivity contribution in [1.29, 1.82) is 5.26 Å².